The van der Waals surface area contributed by atoms with Crippen molar-refractivity contribution in [1.29, 1.82) is 5.26 Å². The molecule has 0 fully saturated rings. The van der Waals surface area contributed by atoms with Gasteiger partial charge in [0, 0.05) is 6.54 Å². The summed E-state index contributed by atoms with van der Waals surface area (Å²) >= 11 is 2.93. The fourth-order valence-corrected chi connectivity index (χ4v) is 2.24. The molecular formula is C8H12N4S2. The molecule has 0 aliphatic carbocycles. The van der Waals surface area contributed by atoms with Crippen molar-refractivity contribution in [3.8, 4) is 6.07 Å². The first-order chi connectivity index (χ1) is 6.86. The summed E-state index contributed by atoms with van der Waals surface area (Å²) in [7, 11) is 0. The maximum Gasteiger partial charge on any atom is 0.206 e. The SMILES string of the molecule is CCCCNc1nnc(SCC#N)s1. The molecule has 0 bridgehead atoms. The predicted molar refractivity (Wildman–Crippen MR) is 59.6 cm³/mol. The molecule has 1 rings (SSSR count). The van der Waals surface area contributed by atoms with Crippen LogP contribution in [0.3, 0.4) is 0 Å². The van der Waals surface area contributed by atoms with Crippen molar-refractivity contribution in [1.82, 2.24) is 10.2 Å². The third-order valence-electron chi connectivity index (χ3n) is 1.47. The lowest BCUT2D eigenvalue weighted by atomic mass is 10.3. The van der Waals surface area contributed by atoms with Crippen LogP contribution in [0.1, 0.15) is 19.8 Å². The number of nitrogens with one attached hydrogen (secondary N) is 1. The minimum Gasteiger partial charge on any atom is -0.360 e. The molecule has 4 nitrogen and oxygen atoms in total. The summed E-state index contributed by atoms with van der Waals surface area (Å²) < 4.78 is 0.852. The van der Waals surface area contributed by atoms with Crippen molar-refractivity contribution < 1.29 is 0 Å². The van der Waals surface area contributed by atoms with Gasteiger partial charge in [0.1, 0.15) is 0 Å². The van der Waals surface area contributed by atoms with Gasteiger partial charge in [-0.05, 0) is 6.42 Å². The Hall–Kier alpha value is -0.800. The Labute approximate surface area is 91.7 Å². The molecule has 0 radical (unpaired) electrons. The standard InChI is InChI=1S/C8H12N4S2/c1-2-3-5-10-7-11-12-8(14-7)13-6-4-9/h2-3,5-6H2,1H3,(H,10,11). The molecule has 0 atom stereocenters. The van der Waals surface area contributed by atoms with Gasteiger partial charge in [-0.2, -0.15) is 5.26 Å². The number of hydrogen-bond donors (Lipinski definition) is 1. The van der Waals surface area contributed by atoms with Crippen molar-refractivity contribution in [3.63, 3.8) is 0 Å². The quantitative estimate of drug-likeness (QED) is 0.598. The Balaban J connectivity index is 2.32. The van der Waals surface area contributed by atoms with Gasteiger partial charge in [-0.1, -0.05) is 36.4 Å². The molecule has 0 aliphatic heterocycles. The summed E-state index contributed by atoms with van der Waals surface area (Å²) in [6, 6.07) is 2.06. The van der Waals surface area contributed by atoms with Gasteiger partial charge in [-0.25, -0.2) is 0 Å². The van der Waals surface area contributed by atoms with Gasteiger partial charge in [0.15, 0.2) is 4.34 Å². The van der Waals surface area contributed by atoms with Gasteiger partial charge in [0.2, 0.25) is 5.13 Å². The second-order valence-corrected chi connectivity index (χ2v) is 4.80. The van der Waals surface area contributed by atoms with Crippen LogP contribution in [0, 0.1) is 11.3 Å². The largest absolute Gasteiger partial charge is 0.360 e. The van der Waals surface area contributed by atoms with Crippen LogP contribution >= 0.6 is 23.1 Å². The second kappa shape index (κ2) is 6.62. The van der Waals surface area contributed by atoms with E-state index >= 15 is 0 Å². The zero-order valence-corrected chi connectivity index (χ0v) is 9.62. The van der Waals surface area contributed by atoms with Crippen LogP contribution in [0.2, 0.25) is 0 Å². The van der Waals surface area contributed by atoms with E-state index in [2.05, 4.69) is 28.5 Å². The Kier molecular flexibility index (Phi) is 5.33. The first kappa shape index (κ1) is 11.3. The van der Waals surface area contributed by atoms with Crippen molar-refractivity contribution in [2.75, 3.05) is 17.6 Å². The second-order valence-electron chi connectivity index (χ2n) is 2.60. The van der Waals surface area contributed by atoms with E-state index in [1.165, 1.54) is 29.5 Å². The van der Waals surface area contributed by atoms with Crippen molar-refractivity contribution in [2.45, 2.75) is 24.1 Å². The molecule has 0 unspecified atom stereocenters. The van der Waals surface area contributed by atoms with Gasteiger partial charge in [0.25, 0.3) is 0 Å². The van der Waals surface area contributed by atoms with E-state index in [1.807, 2.05) is 0 Å². The van der Waals surface area contributed by atoms with Crippen molar-refractivity contribution >= 4 is 28.2 Å². The fourth-order valence-electron chi connectivity index (χ4n) is 0.806. The van der Waals surface area contributed by atoms with Crippen LogP contribution in [0.15, 0.2) is 4.34 Å². The molecule has 1 aromatic rings. The zero-order valence-electron chi connectivity index (χ0n) is 7.99. The molecule has 0 saturated carbocycles. The average Bonchev–Trinajstić information content (AvgIpc) is 2.63. The normalized spacial score (nSPS) is 9.71. The molecular weight excluding hydrogens is 216 g/mol. The molecule has 1 N–H and O–H groups in total. The lowest BCUT2D eigenvalue weighted by Crippen LogP contribution is -1.99. The first-order valence-corrected chi connectivity index (χ1v) is 6.24. The number of nitrogens with zero attached hydrogens (tertiary/aromatic N) is 3. The molecule has 14 heavy (non-hydrogen) atoms. The molecule has 76 valence electrons. The highest BCUT2D eigenvalue weighted by atomic mass is 32.2. The monoisotopic (exact) mass is 228 g/mol. The minimum atomic E-state index is 0.434. The fraction of sp³-hybridized carbons (Fsp3) is 0.625. The van der Waals surface area contributed by atoms with Crippen LogP contribution in [0.25, 0.3) is 0 Å². The van der Waals surface area contributed by atoms with Gasteiger partial charge < -0.3 is 5.32 Å². The average molecular weight is 228 g/mol. The topological polar surface area (TPSA) is 61.6 Å². The zero-order chi connectivity index (χ0) is 10.2. The molecule has 6 heteroatoms. The van der Waals surface area contributed by atoms with Crippen molar-refractivity contribution in [2.24, 2.45) is 0 Å². The van der Waals surface area contributed by atoms with E-state index in [-0.39, 0.29) is 0 Å². The van der Waals surface area contributed by atoms with Gasteiger partial charge in [0.05, 0.1) is 11.8 Å². The third kappa shape index (κ3) is 3.94. The third-order valence-corrected chi connectivity index (χ3v) is 3.35. The Morgan fingerprint density at radius 1 is 1.57 bits per heavy atom. The summed E-state index contributed by atoms with van der Waals surface area (Å²) in [4.78, 5) is 0. The van der Waals surface area contributed by atoms with Gasteiger partial charge in [-0.15, -0.1) is 10.2 Å². The predicted octanol–water partition coefficient (Wildman–Crippen LogP) is 2.37. The highest BCUT2D eigenvalue weighted by Crippen LogP contribution is 2.24. The number of hydrogen-bond acceptors (Lipinski definition) is 6. The summed E-state index contributed by atoms with van der Waals surface area (Å²) in [6.45, 7) is 3.09. The van der Waals surface area contributed by atoms with E-state index in [0.29, 0.717) is 5.75 Å². The number of aromatic nitrogens is 2. The highest BCUT2D eigenvalue weighted by molar-refractivity contribution is 8.01. The number of anilines is 1. The molecule has 0 spiro atoms. The molecule has 0 aliphatic rings. The molecule has 0 saturated heterocycles. The lowest BCUT2D eigenvalue weighted by Gasteiger charge is -1.97. The molecule has 1 heterocycles. The number of unbranched alkanes of at least 4 members (excludes halogenated alkanes) is 1. The first-order valence-electron chi connectivity index (χ1n) is 4.44. The lowest BCUT2D eigenvalue weighted by molar-refractivity contribution is 0.830. The maximum absolute atomic E-state index is 8.38. The Bertz CT molecular complexity index is 305. The molecule has 1 aromatic heterocycles. The summed E-state index contributed by atoms with van der Waals surface area (Å²) in [5.41, 5.74) is 0. The van der Waals surface area contributed by atoms with Gasteiger partial charge >= 0.3 is 0 Å². The van der Waals surface area contributed by atoms with Crippen LogP contribution in [-0.4, -0.2) is 22.5 Å². The van der Waals surface area contributed by atoms with Crippen molar-refractivity contribution in [3.05, 3.63) is 0 Å². The Morgan fingerprint density at radius 2 is 2.43 bits per heavy atom. The van der Waals surface area contributed by atoms with E-state index in [1.54, 1.807) is 0 Å². The molecule has 0 aromatic carbocycles. The summed E-state index contributed by atoms with van der Waals surface area (Å²) in [5, 5.41) is 20.3. The van der Waals surface area contributed by atoms with Crippen LogP contribution in [0.4, 0.5) is 5.13 Å². The maximum atomic E-state index is 8.38. The van der Waals surface area contributed by atoms with E-state index in [9.17, 15) is 0 Å². The Morgan fingerprint density at radius 3 is 3.14 bits per heavy atom. The number of rotatable bonds is 6. The minimum absolute atomic E-state index is 0.434. The van der Waals surface area contributed by atoms with E-state index < -0.39 is 0 Å². The van der Waals surface area contributed by atoms with E-state index in [0.717, 1.165) is 22.4 Å². The van der Waals surface area contributed by atoms with Gasteiger partial charge in [-0.3, -0.25) is 0 Å². The van der Waals surface area contributed by atoms with Crippen LogP contribution in [0.5, 0.6) is 0 Å². The summed E-state index contributed by atoms with van der Waals surface area (Å²) in [6.07, 6.45) is 2.31. The summed E-state index contributed by atoms with van der Waals surface area (Å²) in [5.74, 6) is 0.434. The smallest absolute Gasteiger partial charge is 0.206 e. The number of nitriles is 1. The van der Waals surface area contributed by atoms with Crippen LogP contribution in [-0.2, 0) is 0 Å². The molecule has 0 amide bonds. The van der Waals surface area contributed by atoms with Crippen LogP contribution < -0.4 is 5.32 Å². The highest BCUT2D eigenvalue weighted by Gasteiger charge is 2.02. The van der Waals surface area contributed by atoms with E-state index in [4.69, 9.17) is 5.26 Å². The number of thioether (sulfide) groups is 1.